The summed E-state index contributed by atoms with van der Waals surface area (Å²) in [6.07, 6.45) is 2.81. The monoisotopic (exact) mass is 240 g/mol. The standard InChI is InChI=1S/C7H11NO2.C5H9NO/c1-2-7(9)8-3-5-10-6-4-8;1-4-6(3)5(2)7/h2H,1,3-6H2;4H,1H2,2-3H3. The van der Waals surface area contributed by atoms with E-state index in [9.17, 15) is 9.59 Å². The maximum absolute atomic E-state index is 10.9. The zero-order valence-electron chi connectivity index (χ0n) is 10.5. The van der Waals surface area contributed by atoms with Crippen LogP contribution in [0.4, 0.5) is 0 Å². The van der Waals surface area contributed by atoms with E-state index in [4.69, 9.17) is 4.74 Å². The van der Waals surface area contributed by atoms with Crippen molar-refractivity contribution in [2.24, 2.45) is 0 Å². The van der Waals surface area contributed by atoms with Crippen LogP contribution in [0.25, 0.3) is 0 Å². The number of ether oxygens (including phenoxy) is 1. The Kier molecular flexibility index (Phi) is 7.71. The van der Waals surface area contributed by atoms with Crippen molar-refractivity contribution in [1.82, 2.24) is 9.80 Å². The highest BCUT2D eigenvalue weighted by Gasteiger charge is 2.12. The van der Waals surface area contributed by atoms with Crippen molar-refractivity contribution in [3.63, 3.8) is 0 Å². The number of morpholine rings is 1. The molecule has 1 heterocycles. The van der Waals surface area contributed by atoms with E-state index in [0.29, 0.717) is 26.3 Å². The number of hydrogen-bond donors (Lipinski definition) is 0. The largest absolute Gasteiger partial charge is 0.378 e. The summed E-state index contributed by atoms with van der Waals surface area (Å²) in [5, 5.41) is 0. The van der Waals surface area contributed by atoms with Crippen molar-refractivity contribution in [1.29, 1.82) is 0 Å². The van der Waals surface area contributed by atoms with Gasteiger partial charge in [0.25, 0.3) is 0 Å². The minimum Gasteiger partial charge on any atom is -0.378 e. The molecule has 1 aliphatic rings. The van der Waals surface area contributed by atoms with Gasteiger partial charge in [0.15, 0.2) is 0 Å². The molecule has 1 saturated heterocycles. The van der Waals surface area contributed by atoms with Gasteiger partial charge in [-0.25, -0.2) is 0 Å². The van der Waals surface area contributed by atoms with Crippen molar-refractivity contribution < 1.29 is 14.3 Å². The lowest BCUT2D eigenvalue weighted by atomic mass is 10.4. The quantitative estimate of drug-likeness (QED) is 0.666. The van der Waals surface area contributed by atoms with Gasteiger partial charge < -0.3 is 14.5 Å². The smallest absolute Gasteiger partial charge is 0.246 e. The zero-order chi connectivity index (χ0) is 13.3. The lowest BCUT2D eigenvalue weighted by Gasteiger charge is -2.25. The summed E-state index contributed by atoms with van der Waals surface area (Å²) in [5.41, 5.74) is 0. The minimum atomic E-state index is 0.00306. The summed E-state index contributed by atoms with van der Waals surface area (Å²) in [7, 11) is 1.66. The van der Waals surface area contributed by atoms with Gasteiger partial charge in [-0.1, -0.05) is 13.2 Å². The summed E-state index contributed by atoms with van der Waals surface area (Å²) in [6.45, 7) is 11.0. The normalized spacial score (nSPS) is 14.1. The van der Waals surface area contributed by atoms with E-state index >= 15 is 0 Å². The highest BCUT2D eigenvalue weighted by atomic mass is 16.5. The van der Waals surface area contributed by atoms with E-state index in [2.05, 4.69) is 13.2 Å². The molecule has 1 fully saturated rings. The molecule has 1 aliphatic heterocycles. The fourth-order valence-electron chi connectivity index (χ4n) is 1.04. The predicted octanol–water partition coefficient (Wildman–Crippen LogP) is 0.639. The average Bonchev–Trinajstić information content (AvgIpc) is 2.38. The van der Waals surface area contributed by atoms with E-state index in [-0.39, 0.29) is 11.8 Å². The van der Waals surface area contributed by atoms with Crippen molar-refractivity contribution >= 4 is 11.8 Å². The molecular formula is C12H20N2O3. The number of carbonyl (C=O) groups is 2. The second kappa shape index (κ2) is 8.52. The maximum atomic E-state index is 10.9. The molecule has 1 rings (SSSR count). The molecule has 5 nitrogen and oxygen atoms in total. The van der Waals surface area contributed by atoms with Gasteiger partial charge >= 0.3 is 0 Å². The first kappa shape index (κ1) is 15.4. The molecule has 0 N–H and O–H groups in total. The first-order chi connectivity index (χ1) is 8.02. The van der Waals surface area contributed by atoms with Gasteiger partial charge in [0.1, 0.15) is 0 Å². The number of hydrogen-bond acceptors (Lipinski definition) is 3. The van der Waals surface area contributed by atoms with Crippen LogP contribution in [0.3, 0.4) is 0 Å². The SMILES string of the molecule is C=CC(=O)N1CCOCC1.C=CN(C)C(C)=O. The Morgan fingerprint density at radius 2 is 1.82 bits per heavy atom. The Morgan fingerprint density at radius 1 is 1.29 bits per heavy atom. The highest BCUT2D eigenvalue weighted by molar-refractivity contribution is 5.87. The third-order valence-corrected chi connectivity index (χ3v) is 2.27. The van der Waals surface area contributed by atoms with E-state index in [1.54, 1.807) is 11.9 Å². The molecule has 0 bridgehead atoms. The molecule has 0 unspecified atom stereocenters. The van der Waals surface area contributed by atoms with Crippen molar-refractivity contribution in [2.75, 3.05) is 33.4 Å². The van der Waals surface area contributed by atoms with Crippen LogP contribution in [0, 0.1) is 0 Å². The van der Waals surface area contributed by atoms with Crippen molar-refractivity contribution in [2.45, 2.75) is 6.92 Å². The van der Waals surface area contributed by atoms with Gasteiger partial charge in [-0.3, -0.25) is 9.59 Å². The van der Waals surface area contributed by atoms with Crippen LogP contribution >= 0.6 is 0 Å². The van der Waals surface area contributed by atoms with Gasteiger partial charge in [-0.15, -0.1) is 0 Å². The van der Waals surface area contributed by atoms with E-state index < -0.39 is 0 Å². The number of nitrogens with zero attached hydrogens (tertiary/aromatic N) is 2. The molecule has 17 heavy (non-hydrogen) atoms. The average molecular weight is 240 g/mol. The third-order valence-electron chi connectivity index (χ3n) is 2.27. The highest BCUT2D eigenvalue weighted by Crippen LogP contribution is 1.96. The van der Waals surface area contributed by atoms with E-state index in [1.165, 1.54) is 24.1 Å². The van der Waals surface area contributed by atoms with Gasteiger partial charge in [0, 0.05) is 27.1 Å². The molecule has 0 aromatic heterocycles. The summed E-state index contributed by atoms with van der Waals surface area (Å²) >= 11 is 0. The lowest BCUT2D eigenvalue weighted by molar-refractivity contribution is -0.130. The molecular weight excluding hydrogens is 220 g/mol. The first-order valence-electron chi connectivity index (χ1n) is 5.38. The number of rotatable bonds is 2. The summed E-state index contributed by atoms with van der Waals surface area (Å²) < 4.78 is 5.07. The summed E-state index contributed by atoms with van der Waals surface area (Å²) in [4.78, 5) is 24.3. The Hall–Kier alpha value is -1.62. The van der Waals surface area contributed by atoms with Crippen LogP contribution in [0.15, 0.2) is 25.4 Å². The molecule has 0 aliphatic carbocycles. The van der Waals surface area contributed by atoms with Crippen LogP contribution in [0.1, 0.15) is 6.92 Å². The second-order valence-corrected chi connectivity index (χ2v) is 3.45. The van der Waals surface area contributed by atoms with Crippen LogP contribution < -0.4 is 0 Å². The molecule has 0 radical (unpaired) electrons. The summed E-state index contributed by atoms with van der Waals surface area (Å²) in [5.74, 6) is 0.0123. The molecule has 0 aromatic rings. The Morgan fingerprint density at radius 3 is 2.12 bits per heavy atom. The fourth-order valence-corrected chi connectivity index (χ4v) is 1.04. The Bertz CT molecular complexity index is 283. The van der Waals surface area contributed by atoms with Gasteiger partial charge in [-0.05, 0) is 12.3 Å². The Balaban J connectivity index is 0.000000325. The first-order valence-corrected chi connectivity index (χ1v) is 5.38. The van der Waals surface area contributed by atoms with Crippen LogP contribution in [-0.4, -0.2) is 55.0 Å². The minimum absolute atomic E-state index is 0.00306. The molecule has 0 spiro atoms. The van der Waals surface area contributed by atoms with Crippen LogP contribution in [-0.2, 0) is 14.3 Å². The Labute approximate surface area is 102 Å². The topological polar surface area (TPSA) is 49.9 Å². The maximum Gasteiger partial charge on any atom is 0.246 e. The van der Waals surface area contributed by atoms with Gasteiger partial charge in [0.2, 0.25) is 11.8 Å². The molecule has 2 amide bonds. The third kappa shape index (κ3) is 6.52. The predicted molar refractivity (Wildman–Crippen MR) is 66.2 cm³/mol. The summed E-state index contributed by atoms with van der Waals surface area (Å²) in [6, 6.07) is 0. The van der Waals surface area contributed by atoms with E-state index in [0.717, 1.165) is 0 Å². The van der Waals surface area contributed by atoms with E-state index in [1.807, 2.05) is 0 Å². The lowest BCUT2D eigenvalue weighted by Crippen LogP contribution is -2.39. The molecule has 0 saturated carbocycles. The van der Waals surface area contributed by atoms with Gasteiger partial charge in [-0.2, -0.15) is 0 Å². The van der Waals surface area contributed by atoms with Crippen LogP contribution in [0.2, 0.25) is 0 Å². The fraction of sp³-hybridized carbons (Fsp3) is 0.500. The van der Waals surface area contributed by atoms with Gasteiger partial charge in [0.05, 0.1) is 13.2 Å². The zero-order valence-corrected chi connectivity index (χ0v) is 10.5. The number of carbonyl (C=O) groups excluding carboxylic acids is 2. The van der Waals surface area contributed by atoms with Crippen molar-refractivity contribution in [3.8, 4) is 0 Å². The second-order valence-electron chi connectivity index (χ2n) is 3.45. The van der Waals surface area contributed by atoms with Crippen molar-refractivity contribution in [3.05, 3.63) is 25.4 Å². The molecule has 0 atom stereocenters. The molecule has 0 aromatic carbocycles. The van der Waals surface area contributed by atoms with Crippen LogP contribution in [0.5, 0.6) is 0 Å². The molecule has 5 heteroatoms. The molecule has 96 valence electrons. The number of amides is 2.